The molecule has 0 saturated carbocycles. The van der Waals surface area contributed by atoms with Crippen LogP contribution in [-0.2, 0) is 14.8 Å². The van der Waals surface area contributed by atoms with Crippen molar-refractivity contribution >= 4 is 50.2 Å². The second kappa shape index (κ2) is 8.46. The summed E-state index contributed by atoms with van der Waals surface area (Å²) in [4.78, 5) is 23.8. The fourth-order valence-electron chi connectivity index (χ4n) is 2.54. The summed E-state index contributed by atoms with van der Waals surface area (Å²) in [6.45, 7) is 3.25. The Morgan fingerprint density at radius 1 is 0.931 bits per heavy atom. The van der Waals surface area contributed by atoms with Crippen molar-refractivity contribution in [2.75, 3.05) is 15.4 Å². The molecule has 0 saturated heterocycles. The van der Waals surface area contributed by atoms with Crippen LogP contribution in [0.25, 0.3) is 0 Å². The number of benzene rings is 2. The van der Waals surface area contributed by atoms with Gasteiger partial charge in [0.2, 0.25) is 5.91 Å². The number of anilines is 3. The smallest absolute Gasteiger partial charge is 0.271 e. The van der Waals surface area contributed by atoms with E-state index in [2.05, 4.69) is 15.4 Å². The summed E-state index contributed by atoms with van der Waals surface area (Å²) in [5, 5.41) is 7.16. The minimum Gasteiger partial charge on any atom is -0.326 e. The summed E-state index contributed by atoms with van der Waals surface area (Å²) in [6, 6.07) is 14.5. The molecule has 1 aromatic heterocycles. The Bertz CT molecular complexity index is 1140. The van der Waals surface area contributed by atoms with Gasteiger partial charge >= 0.3 is 0 Å². The van der Waals surface area contributed by atoms with Crippen LogP contribution >= 0.6 is 11.3 Å². The van der Waals surface area contributed by atoms with Gasteiger partial charge in [0.1, 0.15) is 4.21 Å². The van der Waals surface area contributed by atoms with E-state index in [0.29, 0.717) is 22.6 Å². The van der Waals surface area contributed by atoms with Crippen LogP contribution in [0.15, 0.2) is 64.2 Å². The summed E-state index contributed by atoms with van der Waals surface area (Å²) in [6.07, 6.45) is 0. The number of hydrogen-bond acceptors (Lipinski definition) is 5. The molecule has 3 rings (SSSR count). The number of carbonyl (C=O) groups excluding carboxylic acids is 2. The molecule has 0 spiro atoms. The summed E-state index contributed by atoms with van der Waals surface area (Å²) < 4.78 is 27.2. The number of thiophene rings is 1. The molecule has 0 aliphatic rings. The summed E-state index contributed by atoms with van der Waals surface area (Å²) in [7, 11) is -3.64. The molecular weight excluding hydrogens is 410 g/mol. The van der Waals surface area contributed by atoms with E-state index in [1.165, 1.54) is 37.3 Å². The van der Waals surface area contributed by atoms with E-state index in [0.717, 1.165) is 16.9 Å². The largest absolute Gasteiger partial charge is 0.326 e. The lowest BCUT2D eigenvalue weighted by Gasteiger charge is -2.12. The van der Waals surface area contributed by atoms with Crippen molar-refractivity contribution < 1.29 is 18.0 Å². The van der Waals surface area contributed by atoms with Crippen molar-refractivity contribution in [2.24, 2.45) is 0 Å². The summed E-state index contributed by atoms with van der Waals surface area (Å²) in [5.41, 5.74) is 2.72. The van der Waals surface area contributed by atoms with Crippen molar-refractivity contribution in [1.82, 2.24) is 0 Å². The molecule has 0 bridgehead atoms. The van der Waals surface area contributed by atoms with Crippen LogP contribution in [0.3, 0.4) is 0 Å². The van der Waals surface area contributed by atoms with Crippen molar-refractivity contribution in [3.8, 4) is 0 Å². The predicted octanol–water partition coefficient (Wildman–Crippen LogP) is 4.07. The quantitative estimate of drug-likeness (QED) is 0.549. The molecule has 2 amide bonds. The van der Waals surface area contributed by atoms with Gasteiger partial charge in [0.25, 0.3) is 15.9 Å². The van der Waals surface area contributed by atoms with Gasteiger partial charge in [-0.15, -0.1) is 11.3 Å². The summed E-state index contributed by atoms with van der Waals surface area (Å²) in [5.74, 6) is -0.549. The zero-order valence-corrected chi connectivity index (χ0v) is 17.4. The number of aryl methyl sites for hydroxylation is 1. The summed E-state index contributed by atoms with van der Waals surface area (Å²) >= 11 is 1.12. The zero-order chi connectivity index (χ0) is 21.0. The average molecular weight is 430 g/mol. The fraction of sp³-hybridized carbons (Fsp3) is 0.100. The third kappa shape index (κ3) is 5.21. The topological polar surface area (TPSA) is 104 Å². The van der Waals surface area contributed by atoms with Gasteiger partial charge in [-0.05, 0) is 60.3 Å². The lowest BCUT2D eigenvalue weighted by atomic mass is 10.1. The van der Waals surface area contributed by atoms with E-state index in [1.807, 2.05) is 6.92 Å². The number of amides is 2. The van der Waals surface area contributed by atoms with Crippen LogP contribution in [0.4, 0.5) is 17.1 Å². The second-order valence-electron chi connectivity index (χ2n) is 6.28. The molecule has 0 fully saturated rings. The number of nitrogens with one attached hydrogen (secondary N) is 3. The highest BCUT2D eigenvalue weighted by Gasteiger charge is 2.15. The van der Waals surface area contributed by atoms with Gasteiger partial charge in [-0.3, -0.25) is 14.3 Å². The van der Waals surface area contributed by atoms with Crippen molar-refractivity contribution in [2.45, 2.75) is 18.1 Å². The normalized spacial score (nSPS) is 11.0. The second-order valence-corrected chi connectivity index (χ2v) is 9.14. The van der Waals surface area contributed by atoms with E-state index < -0.39 is 10.0 Å². The van der Waals surface area contributed by atoms with E-state index in [4.69, 9.17) is 0 Å². The molecule has 0 aliphatic heterocycles. The number of rotatable bonds is 6. The molecule has 3 N–H and O–H groups in total. The van der Waals surface area contributed by atoms with Crippen molar-refractivity contribution in [3.05, 3.63) is 71.1 Å². The lowest BCUT2D eigenvalue weighted by molar-refractivity contribution is -0.114. The highest BCUT2D eigenvalue weighted by Crippen LogP contribution is 2.23. The van der Waals surface area contributed by atoms with Crippen molar-refractivity contribution in [3.63, 3.8) is 0 Å². The first-order chi connectivity index (χ1) is 13.7. The van der Waals surface area contributed by atoms with E-state index in [-0.39, 0.29) is 16.0 Å². The molecule has 7 nitrogen and oxygen atoms in total. The van der Waals surface area contributed by atoms with E-state index >= 15 is 0 Å². The van der Waals surface area contributed by atoms with Gasteiger partial charge in [0, 0.05) is 29.5 Å². The molecule has 0 unspecified atom stereocenters. The van der Waals surface area contributed by atoms with Gasteiger partial charge in [-0.25, -0.2) is 8.42 Å². The Balaban J connectivity index is 1.72. The molecular formula is C20H19N3O4S2. The zero-order valence-electron chi connectivity index (χ0n) is 15.7. The molecule has 29 heavy (non-hydrogen) atoms. The third-order valence-electron chi connectivity index (χ3n) is 3.97. The Kier molecular flexibility index (Phi) is 6.00. The highest BCUT2D eigenvalue weighted by atomic mass is 32.2. The Hall–Kier alpha value is -3.17. The molecule has 3 aromatic rings. The van der Waals surface area contributed by atoms with Crippen molar-refractivity contribution in [1.29, 1.82) is 0 Å². The van der Waals surface area contributed by atoms with Crippen LogP contribution < -0.4 is 15.4 Å². The Morgan fingerprint density at radius 3 is 2.24 bits per heavy atom. The molecule has 150 valence electrons. The maximum absolute atomic E-state index is 12.5. The van der Waals surface area contributed by atoms with Gasteiger partial charge < -0.3 is 10.6 Å². The van der Waals surface area contributed by atoms with Gasteiger partial charge in [0.05, 0.1) is 0 Å². The Labute approximate surface area is 172 Å². The maximum Gasteiger partial charge on any atom is 0.271 e. The maximum atomic E-state index is 12.5. The predicted molar refractivity (Wildman–Crippen MR) is 115 cm³/mol. The minimum absolute atomic E-state index is 0.202. The fourth-order valence-corrected chi connectivity index (χ4v) is 4.60. The van der Waals surface area contributed by atoms with E-state index in [1.54, 1.807) is 29.6 Å². The number of carbonyl (C=O) groups is 2. The van der Waals surface area contributed by atoms with Crippen LogP contribution in [0, 0.1) is 6.92 Å². The number of hydrogen-bond donors (Lipinski definition) is 3. The minimum atomic E-state index is -3.64. The van der Waals surface area contributed by atoms with Crippen LogP contribution in [-0.4, -0.2) is 20.2 Å². The average Bonchev–Trinajstić information content (AvgIpc) is 3.20. The van der Waals surface area contributed by atoms with E-state index in [9.17, 15) is 18.0 Å². The third-order valence-corrected chi connectivity index (χ3v) is 6.74. The highest BCUT2D eigenvalue weighted by molar-refractivity contribution is 7.94. The molecule has 0 radical (unpaired) electrons. The molecule has 0 aliphatic carbocycles. The molecule has 1 heterocycles. The Morgan fingerprint density at radius 2 is 1.62 bits per heavy atom. The first-order valence-corrected chi connectivity index (χ1v) is 11.0. The van der Waals surface area contributed by atoms with Gasteiger partial charge in [-0.2, -0.15) is 0 Å². The number of sulfonamides is 1. The molecule has 9 heteroatoms. The first kappa shape index (κ1) is 20.6. The molecule has 2 aromatic carbocycles. The van der Waals surface area contributed by atoms with Crippen LogP contribution in [0.1, 0.15) is 22.8 Å². The monoisotopic (exact) mass is 429 g/mol. The first-order valence-electron chi connectivity index (χ1n) is 8.60. The lowest BCUT2D eigenvalue weighted by Crippen LogP contribution is -2.14. The SMILES string of the molecule is CC(=O)Nc1ccc(C)c(NC(=O)c2ccc(NS(=O)(=O)c3cccs3)cc2)c1. The van der Waals surface area contributed by atoms with Gasteiger partial charge in [0.15, 0.2) is 0 Å². The van der Waals surface area contributed by atoms with Crippen LogP contribution in [0.5, 0.6) is 0 Å². The standard InChI is InChI=1S/C20H19N3O4S2/c1-13-5-8-17(21-14(2)24)12-18(13)22-20(25)15-6-9-16(10-7-15)23-29(26,27)19-4-3-11-28-19/h3-12,23H,1-2H3,(H,21,24)(H,22,25). The molecule has 0 atom stereocenters. The van der Waals surface area contributed by atoms with Gasteiger partial charge in [-0.1, -0.05) is 12.1 Å². The van der Waals surface area contributed by atoms with Crippen LogP contribution in [0.2, 0.25) is 0 Å².